The fraction of sp³-hybridized carbons (Fsp3) is 0.429. The molecular formula is C14H15F3N4OS. The van der Waals surface area contributed by atoms with Crippen LogP contribution >= 0.6 is 11.3 Å². The minimum atomic E-state index is -4.33. The van der Waals surface area contributed by atoms with Crippen LogP contribution in [-0.2, 0) is 6.18 Å². The summed E-state index contributed by atoms with van der Waals surface area (Å²) in [6.45, 7) is 2.54. The molecule has 0 saturated carbocycles. The quantitative estimate of drug-likeness (QED) is 0.856. The number of alkyl halides is 3. The predicted molar refractivity (Wildman–Crippen MR) is 82.3 cm³/mol. The Morgan fingerprint density at radius 2 is 1.83 bits per heavy atom. The molecule has 23 heavy (non-hydrogen) atoms. The lowest BCUT2D eigenvalue weighted by Gasteiger charge is -2.35. The summed E-state index contributed by atoms with van der Waals surface area (Å²) in [6.07, 6.45) is -1.75. The average molecular weight is 344 g/mol. The highest BCUT2D eigenvalue weighted by Crippen LogP contribution is 2.36. The number of nitrogens with zero attached hydrogens (tertiary/aromatic N) is 4. The average Bonchev–Trinajstić information content (AvgIpc) is 3.05. The van der Waals surface area contributed by atoms with E-state index < -0.39 is 11.1 Å². The van der Waals surface area contributed by atoms with Gasteiger partial charge in [-0.05, 0) is 6.07 Å². The monoisotopic (exact) mass is 344 g/mol. The van der Waals surface area contributed by atoms with E-state index in [0.29, 0.717) is 42.6 Å². The molecule has 0 amide bonds. The molecule has 2 aromatic rings. The Morgan fingerprint density at radius 1 is 1.13 bits per heavy atom. The molecule has 1 aliphatic heterocycles. The van der Waals surface area contributed by atoms with Crippen LogP contribution in [0, 0.1) is 0 Å². The Hall–Kier alpha value is -2.03. The molecule has 5 nitrogen and oxygen atoms in total. The highest BCUT2D eigenvalue weighted by molar-refractivity contribution is 7.15. The molecule has 0 radical (unpaired) electrons. The van der Waals surface area contributed by atoms with Crippen molar-refractivity contribution in [3.05, 3.63) is 29.4 Å². The summed E-state index contributed by atoms with van der Waals surface area (Å²) in [4.78, 5) is 11.5. The molecule has 1 aliphatic rings. The lowest BCUT2D eigenvalue weighted by Crippen LogP contribution is -2.46. The van der Waals surface area contributed by atoms with Gasteiger partial charge in [-0.1, -0.05) is 11.3 Å². The number of hydrogen-bond acceptors (Lipinski definition) is 6. The molecule has 9 heteroatoms. The van der Waals surface area contributed by atoms with Crippen LogP contribution in [0.4, 0.5) is 24.1 Å². The fourth-order valence-electron chi connectivity index (χ4n) is 2.37. The summed E-state index contributed by atoms with van der Waals surface area (Å²) in [5, 5.41) is 0.413. The van der Waals surface area contributed by atoms with Gasteiger partial charge in [0.2, 0.25) is 0 Å². The lowest BCUT2D eigenvalue weighted by molar-refractivity contribution is -0.134. The van der Waals surface area contributed by atoms with Gasteiger partial charge in [0.15, 0.2) is 5.13 Å². The number of methoxy groups -OCH3 is 1. The Balaban J connectivity index is 1.65. The Kier molecular flexibility index (Phi) is 4.29. The molecule has 0 aliphatic carbocycles. The molecule has 0 aromatic carbocycles. The van der Waals surface area contributed by atoms with Crippen LogP contribution in [0.15, 0.2) is 24.5 Å². The van der Waals surface area contributed by atoms with Gasteiger partial charge in [0, 0.05) is 38.4 Å². The van der Waals surface area contributed by atoms with Gasteiger partial charge in [-0.15, -0.1) is 0 Å². The zero-order valence-corrected chi connectivity index (χ0v) is 13.2. The second kappa shape index (κ2) is 6.23. The number of thiazole rings is 1. The van der Waals surface area contributed by atoms with E-state index in [2.05, 4.69) is 14.9 Å². The number of rotatable bonds is 3. The van der Waals surface area contributed by atoms with Crippen molar-refractivity contribution in [1.82, 2.24) is 9.97 Å². The minimum Gasteiger partial charge on any atom is -0.497 e. The fourth-order valence-corrected chi connectivity index (χ4v) is 3.20. The van der Waals surface area contributed by atoms with E-state index in [9.17, 15) is 13.2 Å². The lowest BCUT2D eigenvalue weighted by atomic mass is 10.3. The van der Waals surface area contributed by atoms with Crippen molar-refractivity contribution in [3.8, 4) is 5.75 Å². The third kappa shape index (κ3) is 3.49. The van der Waals surface area contributed by atoms with Crippen molar-refractivity contribution in [2.24, 2.45) is 0 Å². The van der Waals surface area contributed by atoms with Gasteiger partial charge in [-0.25, -0.2) is 9.97 Å². The van der Waals surface area contributed by atoms with E-state index in [1.54, 1.807) is 19.4 Å². The van der Waals surface area contributed by atoms with Crippen molar-refractivity contribution in [3.63, 3.8) is 0 Å². The largest absolute Gasteiger partial charge is 0.497 e. The SMILES string of the molecule is COc1ccnc(N2CCN(c3ncc(C(F)(F)F)s3)CC2)c1. The van der Waals surface area contributed by atoms with Gasteiger partial charge in [0.05, 0.1) is 13.3 Å². The minimum absolute atomic E-state index is 0.413. The summed E-state index contributed by atoms with van der Waals surface area (Å²) >= 11 is 0.685. The van der Waals surface area contributed by atoms with Crippen LogP contribution in [-0.4, -0.2) is 43.3 Å². The molecule has 124 valence electrons. The first-order valence-electron chi connectivity index (χ1n) is 7.00. The molecule has 0 N–H and O–H groups in total. The second-order valence-electron chi connectivity index (χ2n) is 5.03. The van der Waals surface area contributed by atoms with E-state index in [1.165, 1.54) is 0 Å². The number of anilines is 2. The van der Waals surface area contributed by atoms with Gasteiger partial charge in [-0.2, -0.15) is 13.2 Å². The summed E-state index contributed by atoms with van der Waals surface area (Å²) < 4.78 is 43.1. The van der Waals surface area contributed by atoms with Crippen LogP contribution in [0.2, 0.25) is 0 Å². The van der Waals surface area contributed by atoms with E-state index in [4.69, 9.17) is 4.74 Å². The standard InChI is InChI=1S/C14H15F3N4OS/c1-22-10-2-3-18-12(8-10)20-4-6-21(7-5-20)13-19-9-11(23-13)14(15,16)17/h2-3,8-9H,4-7H2,1H3. The number of aromatic nitrogens is 2. The van der Waals surface area contributed by atoms with Crippen LogP contribution in [0.25, 0.3) is 0 Å². The summed E-state index contributed by atoms with van der Waals surface area (Å²) in [5.41, 5.74) is 0. The van der Waals surface area contributed by atoms with Crippen molar-refractivity contribution >= 4 is 22.3 Å². The highest BCUT2D eigenvalue weighted by atomic mass is 32.1. The van der Waals surface area contributed by atoms with Gasteiger partial charge >= 0.3 is 6.18 Å². The maximum absolute atomic E-state index is 12.6. The Bertz CT molecular complexity index is 668. The third-order valence-electron chi connectivity index (χ3n) is 3.60. The second-order valence-corrected chi connectivity index (χ2v) is 6.04. The molecule has 1 fully saturated rings. The normalized spacial score (nSPS) is 15.8. The van der Waals surface area contributed by atoms with E-state index >= 15 is 0 Å². The van der Waals surface area contributed by atoms with Gasteiger partial charge in [-0.3, -0.25) is 0 Å². The molecule has 0 atom stereocenters. The first-order valence-corrected chi connectivity index (χ1v) is 7.82. The zero-order valence-electron chi connectivity index (χ0n) is 12.4. The topological polar surface area (TPSA) is 41.5 Å². The molecule has 3 heterocycles. The summed E-state index contributed by atoms with van der Waals surface area (Å²) in [6, 6.07) is 3.62. The Morgan fingerprint density at radius 3 is 2.43 bits per heavy atom. The molecule has 0 bridgehead atoms. The van der Waals surface area contributed by atoms with Gasteiger partial charge in [0.25, 0.3) is 0 Å². The van der Waals surface area contributed by atoms with E-state index in [1.807, 2.05) is 11.0 Å². The summed E-state index contributed by atoms with van der Waals surface area (Å²) in [7, 11) is 1.59. The van der Waals surface area contributed by atoms with Crippen molar-refractivity contribution in [1.29, 1.82) is 0 Å². The molecule has 2 aromatic heterocycles. The van der Waals surface area contributed by atoms with Crippen molar-refractivity contribution in [2.45, 2.75) is 6.18 Å². The number of piperazine rings is 1. The van der Waals surface area contributed by atoms with Crippen LogP contribution in [0.5, 0.6) is 5.75 Å². The van der Waals surface area contributed by atoms with Crippen LogP contribution in [0.1, 0.15) is 4.88 Å². The first-order chi connectivity index (χ1) is 11.0. The van der Waals surface area contributed by atoms with Gasteiger partial charge < -0.3 is 14.5 Å². The first kappa shape index (κ1) is 15.9. The molecule has 0 spiro atoms. The van der Waals surface area contributed by atoms with Crippen LogP contribution < -0.4 is 14.5 Å². The van der Waals surface area contributed by atoms with Crippen molar-refractivity contribution in [2.75, 3.05) is 43.1 Å². The highest BCUT2D eigenvalue weighted by Gasteiger charge is 2.34. The van der Waals surface area contributed by atoms with Gasteiger partial charge in [0.1, 0.15) is 16.4 Å². The smallest absolute Gasteiger partial charge is 0.427 e. The molecular weight excluding hydrogens is 329 g/mol. The molecule has 1 saturated heterocycles. The predicted octanol–water partition coefficient (Wildman–Crippen LogP) is 2.89. The number of hydrogen-bond donors (Lipinski definition) is 0. The van der Waals surface area contributed by atoms with Crippen molar-refractivity contribution < 1.29 is 17.9 Å². The Labute approximate surface area is 135 Å². The summed E-state index contributed by atoms with van der Waals surface area (Å²) in [5.74, 6) is 1.53. The third-order valence-corrected chi connectivity index (χ3v) is 4.70. The number of pyridine rings is 1. The van der Waals surface area contributed by atoms with Crippen LogP contribution in [0.3, 0.4) is 0 Å². The zero-order chi connectivity index (χ0) is 16.4. The number of ether oxygens (including phenoxy) is 1. The van der Waals surface area contributed by atoms with E-state index in [0.717, 1.165) is 17.8 Å². The molecule has 0 unspecified atom stereocenters. The molecule has 3 rings (SSSR count). The maximum Gasteiger partial charge on any atom is 0.427 e. The number of halogens is 3. The van der Waals surface area contributed by atoms with E-state index in [-0.39, 0.29) is 0 Å². The maximum atomic E-state index is 12.6.